The molecular formula is C13H13N3. The van der Waals surface area contributed by atoms with Crippen LogP contribution in [0.25, 0.3) is 17.0 Å². The molecule has 0 bridgehead atoms. The van der Waals surface area contributed by atoms with Crippen molar-refractivity contribution >= 4 is 5.78 Å². The third kappa shape index (κ3) is 1.18. The van der Waals surface area contributed by atoms with Gasteiger partial charge in [-0.3, -0.25) is 4.40 Å². The first kappa shape index (κ1) is 9.21. The van der Waals surface area contributed by atoms with Crippen molar-refractivity contribution in [3.63, 3.8) is 0 Å². The predicted octanol–water partition coefficient (Wildman–Crippen LogP) is 2.65. The summed E-state index contributed by atoms with van der Waals surface area (Å²) in [5.74, 6) is 0.983. The van der Waals surface area contributed by atoms with Crippen LogP contribution in [0, 0.1) is 6.92 Å². The summed E-state index contributed by atoms with van der Waals surface area (Å²) in [7, 11) is 2.01. The molecule has 0 saturated heterocycles. The molecule has 2 aromatic heterocycles. The van der Waals surface area contributed by atoms with Crippen LogP contribution in [0.15, 0.2) is 42.7 Å². The molecule has 0 unspecified atom stereocenters. The maximum atomic E-state index is 4.67. The van der Waals surface area contributed by atoms with Crippen molar-refractivity contribution in [3.8, 4) is 11.3 Å². The van der Waals surface area contributed by atoms with Crippen LogP contribution >= 0.6 is 0 Å². The summed E-state index contributed by atoms with van der Waals surface area (Å²) < 4.78 is 4.14. The Morgan fingerprint density at radius 3 is 2.50 bits per heavy atom. The Balaban J connectivity index is 2.29. The van der Waals surface area contributed by atoms with Gasteiger partial charge in [0.1, 0.15) is 0 Å². The van der Waals surface area contributed by atoms with E-state index in [2.05, 4.69) is 28.4 Å². The summed E-state index contributed by atoms with van der Waals surface area (Å²) in [5.41, 5.74) is 3.41. The van der Waals surface area contributed by atoms with Gasteiger partial charge in [-0.1, -0.05) is 30.3 Å². The lowest BCUT2D eigenvalue weighted by atomic mass is 10.1. The molecule has 3 nitrogen and oxygen atoms in total. The second kappa shape index (κ2) is 3.23. The second-order valence-corrected chi connectivity index (χ2v) is 3.99. The third-order valence-electron chi connectivity index (χ3n) is 2.93. The van der Waals surface area contributed by atoms with Crippen LogP contribution in [0.2, 0.25) is 0 Å². The van der Waals surface area contributed by atoms with Gasteiger partial charge in [-0.15, -0.1) is 0 Å². The highest BCUT2D eigenvalue weighted by Crippen LogP contribution is 2.23. The number of hydrogen-bond donors (Lipinski definition) is 0. The Kier molecular flexibility index (Phi) is 1.86. The molecule has 0 N–H and O–H groups in total. The smallest absolute Gasteiger partial charge is 0.214 e. The van der Waals surface area contributed by atoms with Crippen molar-refractivity contribution < 1.29 is 0 Å². The topological polar surface area (TPSA) is 22.2 Å². The van der Waals surface area contributed by atoms with Crippen molar-refractivity contribution in [2.75, 3.05) is 0 Å². The molecule has 3 rings (SSSR count). The standard InChI is InChI=1S/C13H13N3/c1-10-12(11-6-4-3-5-7-11)14-13-15(2)8-9-16(10)13/h3-9H,1-2H3. The Morgan fingerprint density at radius 1 is 1.06 bits per heavy atom. The highest BCUT2D eigenvalue weighted by Gasteiger charge is 2.11. The number of benzene rings is 1. The maximum Gasteiger partial charge on any atom is 0.214 e. The zero-order chi connectivity index (χ0) is 11.1. The fourth-order valence-electron chi connectivity index (χ4n) is 2.03. The number of aryl methyl sites for hydroxylation is 2. The predicted molar refractivity (Wildman–Crippen MR) is 64.3 cm³/mol. The number of fused-ring (bicyclic) bond motifs is 1. The molecule has 3 aromatic rings. The number of rotatable bonds is 1. The van der Waals surface area contributed by atoms with E-state index in [0.29, 0.717) is 0 Å². The molecular weight excluding hydrogens is 198 g/mol. The van der Waals surface area contributed by atoms with Crippen LogP contribution < -0.4 is 0 Å². The van der Waals surface area contributed by atoms with Gasteiger partial charge in [0.05, 0.1) is 5.69 Å². The lowest BCUT2D eigenvalue weighted by Gasteiger charge is -1.97. The lowest BCUT2D eigenvalue weighted by molar-refractivity contribution is 0.936. The highest BCUT2D eigenvalue weighted by atomic mass is 15.2. The molecule has 0 saturated carbocycles. The quantitative estimate of drug-likeness (QED) is 0.606. The molecule has 3 heteroatoms. The first-order valence-corrected chi connectivity index (χ1v) is 5.33. The lowest BCUT2D eigenvalue weighted by Crippen LogP contribution is -1.86. The minimum atomic E-state index is 0.983. The van der Waals surface area contributed by atoms with Gasteiger partial charge in [-0.05, 0) is 6.92 Å². The highest BCUT2D eigenvalue weighted by molar-refractivity contribution is 5.65. The Hall–Kier alpha value is -2.03. The third-order valence-corrected chi connectivity index (χ3v) is 2.93. The number of nitrogens with zero attached hydrogens (tertiary/aromatic N) is 3. The van der Waals surface area contributed by atoms with Gasteiger partial charge in [0.15, 0.2) is 0 Å². The molecule has 0 aliphatic heterocycles. The molecule has 16 heavy (non-hydrogen) atoms. The molecule has 0 atom stereocenters. The summed E-state index contributed by atoms with van der Waals surface area (Å²) in [5, 5.41) is 0. The van der Waals surface area contributed by atoms with Gasteiger partial charge >= 0.3 is 0 Å². The normalized spacial score (nSPS) is 11.1. The molecule has 0 fully saturated rings. The van der Waals surface area contributed by atoms with E-state index in [0.717, 1.165) is 11.5 Å². The van der Waals surface area contributed by atoms with Gasteiger partial charge in [0.25, 0.3) is 0 Å². The van der Waals surface area contributed by atoms with Gasteiger partial charge in [0.2, 0.25) is 5.78 Å². The van der Waals surface area contributed by atoms with Crippen molar-refractivity contribution in [3.05, 3.63) is 48.4 Å². The zero-order valence-corrected chi connectivity index (χ0v) is 9.38. The van der Waals surface area contributed by atoms with Crippen LogP contribution in [0.5, 0.6) is 0 Å². The fourth-order valence-corrected chi connectivity index (χ4v) is 2.03. The van der Waals surface area contributed by atoms with E-state index < -0.39 is 0 Å². The molecule has 2 heterocycles. The second-order valence-electron chi connectivity index (χ2n) is 3.99. The van der Waals surface area contributed by atoms with Crippen molar-refractivity contribution in [2.24, 2.45) is 7.05 Å². The van der Waals surface area contributed by atoms with Crippen LogP contribution in [0.3, 0.4) is 0 Å². The number of hydrogen-bond acceptors (Lipinski definition) is 1. The van der Waals surface area contributed by atoms with Gasteiger partial charge < -0.3 is 4.57 Å². The van der Waals surface area contributed by atoms with Crippen LogP contribution in [-0.4, -0.2) is 14.0 Å². The Bertz CT molecular complexity index is 632. The van der Waals surface area contributed by atoms with E-state index in [1.165, 1.54) is 11.3 Å². The fraction of sp³-hybridized carbons (Fsp3) is 0.154. The van der Waals surface area contributed by atoms with E-state index in [4.69, 9.17) is 0 Å². The zero-order valence-electron chi connectivity index (χ0n) is 9.38. The van der Waals surface area contributed by atoms with Crippen LogP contribution in [0.4, 0.5) is 0 Å². The summed E-state index contributed by atoms with van der Waals surface area (Å²) in [6.07, 6.45) is 4.06. The summed E-state index contributed by atoms with van der Waals surface area (Å²) in [6, 6.07) is 10.3. The monoisotopic (exact) mass is 211 g/mol. The molecule has 0 aliphatic rings. The molecule has 0 radical (unpaired) electrons. The summed E-state index contributed by atoms with van der Waals surface area (Å²) in [4.78, 5) is 4.67. The molecule has 0 amide bonds. The average Bonchev–Trinajstić information content (AvgIpc) is 2.83. The first-order valence-electron chi connectivity index (χ1n) is 5.33. The minimum absolute atomic E-state index is 0.983. The van der Waals surface area contributed by atoms with Crippen LogP contribution in [-0.2, 0) is 7.05 Å². The molecule has 1 aromatic carbocycles. The van der Waals surface area contributed by atoms with Gasteiger partial charge in [-0.2, -0.15) is 0 Å². The van der Waals surface area contributed by atoms with Gasteiger partial charge in [0, 0.05) is 30.7 Å². The van der Waals surface area contributed by atoms with Crippen molar-refractivity contribution in [1.82, 2.24) is 14.0 Å². The summed E-state index contributed by atoms with van der Waals surface area (Å²) in [6.45, 7) is 2.10. The SMILES string of the molecule is Cc1c(-c2ccccc2)nc2n(C)ccn12. The molecule has 0 spiro atoms. The van der Waals surface area contributed by atoms with E-state index in [9.17, 15) is 0 Å². The largest absolute Gasteiger partial charge is 0.320 e. The van der Waals surface area contributed by atoms with Crippen molar-refractivity contribution in [2.45, 2.75) is 6.92 Å². The molecule has 80 valence electrons. The summed E-state index contributed by atoms with van der Waals surface area (Å²) >= 11 is 0. The van der Waals surface area contributed by atoms with E-state index in [-0.39, 0.29) is 0 Å². The Morgan fingerprint density at radius 2 is 1.81 bits per heavy atom. The number of aromatic nitrogens is 3. The van der Waals surface area contributed by atoms with E-state index >= 15 is 0 Å². The first-order chi connectivity index (χ1) is 7.77. The molecule has 0 aliphatic carbocycles. The van der Waals surface area contributed by atoms with Gasteiger partial charge in [-0.25, -0.2) is 4.98 Å². The number of imidazole rings is 2. The van der Waals surface area contributed by atoms with E-state index in [1.54, 1.807) is 0 Å². The Labute approximate surface area is 94.0 Å². The van der Waals surface area contributed by atoms with Crippen molar-refractivity contribution in [1.29, 1.82) is 0 Å². The van der Waals surface area contributed by atoms with Crippen LogP contribution in [0.1, 0.15) is 5.69 Å². The average molecular weight is 211 g/mol. The van der Waals surface area contributed by atoms with E-state index in [1.807, 2.05) is 42.2 Å². The maximum absolute atomic E-state index is 4.67. The minimum Gasteiger partial charge on any atom is -0.320 e.